The van der Waals surface area contributed by atoms with Crippen molar-refractivity contribution in [3.63, 3.8) is 0 Å². The third-order valence-electron chi connectivity index (χ3n) is 2.39. The predicted molar refractivity (Wildman–Crippen MR) is 52.4 cm³/mol. The van der Waals surface area contributed by atoms with Crippen LogP contribution < -0.4 is 0 Å². The number of likely N-dealkylation sites (tertiary alicyclic amines) is 1. The Morgan fingerprint density at radius 1 is 1.46 bits per heavy atom. The number of Topliss-reactive ketones (excluding diaryl/α,β-unsaturated/α-hetero) is 1. The van der Waals surface area contributed by atoms with E-state index in [4.69, 9.17) is 0 Å². The number of nitrogens with zero attached hydrogens (tertiary/aromatic N) is 2. The van der Waals surface area contributed by atoms with E-state index in [0.29, 0.717) is 0 Å². The first-order valence-corrected chi connectivity index (χ1v) is 4.36. The first-order chi connectivity index (χ1) is 5.96. The smallest absolute Gasteiger partial charge is 0.202 e. The molecule has 72 valence electrons. The number of carbonyl (C=O) groups is 1. The molecule has 0 saturated carbocycles. The summed E-state index contributed by atoms with van der Waals surface area (Å²) in [6.07, 6.45) is 0. The van der Waals surface area contributed by atoms with Crippen LogP contribution in [0.25, 0.3) is 0 Å². The minimum absolute atomic E-state index is 0.0595. The van der Waals surface area contributed by atoms with Gasteiger partial charge in [-0.05, 0) is 27.1 Å². The average Bonchev–Trinajstić information content (AvgIpc) is 1.94. The molecule has 3 heteroatoms. The molecule has 0 radical (unpaired) electrons. The summed E-state index contributed by atoms with van der Waals surface area (Å²) in [7, 11) is 6.06. The molecule has 1 aliphatic rings. The van der Waals surface area contributed by atoms with E-state index in [9.17, 15) is 4.79 Å². The summed E-state index contributed by atoms with van der Waals surface area (Å²) in [6.45, 7) is 3.33. The van der Waals surface area contributed by atoms with Gasteiger partial charge in [-0.25, -0.2) is 0 Å². The average molecular weight is 180 g/mol. The Balaban J connectivity index is 2.73. The van der Waals surface area contributed by atoms with Gasteiger partial charge in [0.1, 0.15) is 5.54 Å². The standard InChI is InChI=1S/C10H16N2O/c1-9(13)5-6-10(11(2)3)7-12(4)8-10/h7-8H2,1-4H3. The summed E-state index contributed by atoms with van der Waals surface area (Å²) in [5, 5.41) is 0. The second kappa shape index (κ2) is 3.49. The maximum absolute atomic E-state index is 10.7. The Morgan fingerprint density at radius 2 is 2.00 bits per heavy atom. The molecule has 1 rings (SSSR count). The third-order valence-corrected chi connectivity index (χ3v) is 2.39. The minimum atomic E-state index is -0.0968. The second-order valence-corrected chi connectivity index (χ2v) is 3.90. The van der Waals surface area contributed by atoms with Gasteiger partial charge >= 0.3 is 0 Å². The van der Waals surface area contributed by atoms with Gasteiger partial charge in [0.15, 0.2) is 0 Å². The summed E-state index contributed by atoms with van der Waals surface area (Å²) in [6, 6.07) is 0. The monoisotopic (exact) mass is 180 g/mol. The van der Waals surface area contributed by atoms with Gasteiger partial charge in [-0.3, -0.25) is 9.69 Å². The number of hydrogen-bond acceptors (Lipinski definition) is 3. The molecule has 1 aliphatic heterocycles. The van der Waals surface area contributed by atoms with Crippen LogP contribution in [0.3, 0.4) is 0 Å². The summed E-state index contributed by atoms with van der Waals surface area (Å²) < 4.78 is 0. The molecule has 0 aromatic carbocycles. The summed E-state index contributed by atoms with van der Waals surface area (Å²) >= 11 is 0. The molecule has 0 aromatic rings. The Hall–Kier alpha value is -0.850. The first kappa shape index (κ1) is 10.2. The summed E-state index contributed by atoms with van der Waals surface area (Å²) in [4.78, 5) is 15.0. The van der Waals surface area contributed by atoms with Gasteiger partial charge in [0.25, 0.3) is 0 Å². The lowest BCUT2D eigenvalue weighted by atomic mass is 9.89. The molecule has 0 aromatic heterocycles. The largest absolute Gasteiger partial charge is 0.301 e. The molecule has 3 nitrogen and oxygen atoms in total. The summed E-state index contributed by atoms with van der Waals surface area (Å²) in [5.74, 6) is 5.62. The van der Waals surface area contributed by atoms with Gasteiger partial charge in [-0.1, -0.05) is 5.92 Å². The normalized spacial score (nSPS) is 20.4. The molecular weight excluding hydrogens is 164 g/mol. The van der Waals surface area contributed by atoms with Crippen molar-refractivity contribution in [1.82, 2.24) is 9.80 Å². The highest BCUT2D eigenvalue weighted by Gasteiger charge is 2.41. The second-order valence-electron chi connectivity index (χ2n) is 3.90. The van der Waals surface area contributed by atoms with E-state index in [-0.39, 0.29) is 11.3 Å². The lowest BCUT2D eigenvalue weighted by molar-refractivity contribution is -0.111. The van der Waals surface area contributed by atoms with Gasteiger partial charge in [0.2, 0.25) is 5.78 Å². The van der Waals surface area contributed by atoms with Crippen LogP contribution in [-0.2, 0) is 4.79 Å². The number of hydrogen-bond donors (Lipinski definition) is 0. The maximum Gasteiger partial charge on any atom is 0.202 e. The van der Waals surface area contributed by atoms with Crippen molar-refractivity contribution in [3.8, 4) is 11.8 Å². The number of likely N-dealkylation sites (N-methyl/N-ethyl adjacent to an activating group) is 2. The van der Waals surface area contributed by atoms with E-state index < -0.39 is 0 Å². The molecule has 0 aliphatic carbocycles. The summed E-state index contributed by atoms with van der Waals surface area (Å²) in [5.41, 5.74) is -0.0968. The van der Waals surface area contributed by atoms with Crippen LogP contribution in [0.5, 0.6) is 0 Å². The van der Waals surface area contributed by atoms with Crippen LogP contribution in [0, 0.1) is 11.8 Å². The molecule has 0 spiro atoms. The van der Waals surface area contributed by atoms with Crippen molar-refractivity contribution in [2.45, 2.75) is 12.5 Å². The molecule has 1 heterocycles. The lowest BCUT2D eigenvalue weighted by Gasteiger charge is -2.49. The van der Waals surface area contributed by atoms with Crippen molar-refractivity contribution in [3.05, 3.63) is 0 Å². The molecule has 0 unspecified atom stereocenters. The van der Waals surface area contributed by atoms with Gasteiger partial charge in [0, 0.05) is 20.0 Å². The van der Waals surface area contributed by atoms with Crippen LogP contribution in [0.2, 0.25) is 0 Å². The van der Waals surface area contributed by atoms with Crippen molar-refractivity contribution >= 4 is 5.78 Å². The van der Waals surface area contributed by atoms with Crippen molar-refractivity contribution in [2.24, 2.45) is 0 Å². The van der Waals surface area contributed by atoms with E-state index in [1.54, 1.807) is 0 Å². The van der Waals surface area contributed by atoms with Gasteiger partial charge < -0.3 is 4.90 Å². The fraction of sp³-hybridized carbons (Fsp3) is 0.700. The molecule has 0 bridgehead atoms. The van der Waals surface area contributed by atoms with Crippen molar-refractivity contribution in [1.29, 1.82) is 0 Å². The number of ketones is 1. The van der Waals surface area contributed by atoms with Crippen LogP contribution in [0.15, 0.2) is 0 Å². The third kappa shape index (κ3) is 2.09. The molecule has 0 amide bonds. The van der Waals surface area contributed by atoms with E-state index in [2.05, 4.69) is 28.7 Å². The van der Waals surface area contributed by atoms with Gasteiger partial charge in [-0.2, -0.15) is 0 Å². The SMILES string of the molecule is CC(=O)C#CC1(N(C)C)CN(C)C1. The lowest BCUT2D eigenvalue weighted by Crippen LogP contribution is -2.66. The zero-order chi connectivity index (χ0) is 10.1. The Kier molecular flexibility index (Phi) is 2.74. The first-order valence-electron chi connectivity index (χ1n) is 4.36. The Morgan fingerprint density at radius 3 is 2.31 bits per heavy atom. The number of carbonyl (C=O) groups excluding carboxylic acids is 1. The topological polar surface area (TPSA) is 23.6 Å². The van der Waals surface area contributed by atoms with E-state index in [1.807, 2.05) is 14.1 Å². The van der Waals surface area contributed by atoms with E-state index in [0.717, 1.165) is 13.1 Å². The van der Waals surface area contributed by atoms with E-state index >= 15 is 0 Å². The van der Waals surface area contributed by atoms with Crippen molar-refractivity contribution in [2.75, 3.05) is 34.2 Å². The fourth-order valence-corrected chi connectivity index (χ4v) is 1.52. The van der Waals surface area contributed by atoms with Crippen LogP contribution in [0.1, 0.15) is 6.92 Å². The molecule has 13 heavy (non-hydrogen) atoms. The molecular formula is C10H16N2O. The molecule has 0 atom stereocenters. The number of rotatable bonds is 1. The Labute approximate surface area is 79.7 Å². The highest BCUT2D eigenvalue weighted by Crippen LogP contribution is 2.23. The van der Waals surface area contributed by atoms with Crippen LogP contribution in [-0.4, -0.2) is 55.4 Å². The quantitative estimate of drug-likeness (QED) is 0.413. The highest BCUT2D eigenvalue weighted by atomic mass is 16.1. The highest BCUT2D eigenvalue weighted by molar-refractivity contribution is 5.93. The zero-order valence-electron chi connectivity index (χ0n) is 8.72. The van der Waals surface area contributed by atoms with Gasteiger partial charge in [0.05, 0.1) is 0 Å². The molecule has 1 fully saturated rings. The van der Waals surface area contributed by atoms with Crippen LogP contribution >= 0.6 is 0 Å². The predicted octanol–water partition coefficient (Wildman–Crippen LogP) is -0.175. The zero-order valence-corrected chi connectivity index (χ0v) is 8.72. The maximum atomic E-state index is 10.7. The molecule has 1 saturated heterocycles. The van der Waals surface area contributed by atoms with E-state index in [1.165, 1.54) is 6.92 Å². The van der Waals surface area contributed by atoms with Crippen LogP contribution in [0.4, 0.5) is 0 Å². The van der Waals surface area contributed by atoms with Crippen molar-refractivity contribution < 1.29 is 4.79 Å². The minimum Gasteiger partial charge on any atom is -0.301 e. The van der Waals surface area contributed by atoms with Gasteiger partial charge in [-0.15, -0.1) is 0 Å². The Bertz CT molecular complexity index is 266. The molecule has 0 N–H and O–H groups in total. The fourth-order valence-electron chi connectivity index (χ4n) is 1.52.